The van der Waals surface area contributed by atoms with Crippen molar-refractivity contribution in [1.82, 2.24) is 4.98 Å². The molecule has 0 bridgehead atoms. The van der Waals surface area contributed by atoms with Crippen LogP contribution in [0.3, 0.4) is 0 Å². The maximum Gasteiger partial charge on any atom is 0.174 e. The molecule has 0 saturated carbocycles. The van der Waals surface area contributed by atoms with E-state index in [0.717, 1.165) is 12.1 Å². The first kappa shape index (κ1) is 12.2. The Bertz CT molecular complexity index is 579. The SMILES string of the molecule is Nc1cccc(CC(=O)c2c(F)cccc2F)n1. The van der Waals surface area contributed by atoms with Gasteiger partial charge >= 0.3 is 0 Å². The van der Waals surface area contributed by atoms with Crippen molar-refractivity contribution in [1.29, 1.82) is 0 Å². The highest BCUT2D eigenvalue weighted by atomic mass is 19.1. The number of nitrogen functional groups attached to an aromatic ring is 1. The normalized spacial score (nSPS) is 10.3. The number of Topliss-reactive ketones (excluding diaryl/α,β-unsaturated/α-hetero) is 1. The second-order valence-corrected chi connectivity index (χ2v) is 3.75. The predicted molar refractivity (Wildman–Crippen MR) is 63.0 cm³/mol. The average molecular weight is 248 g/mol. The van der Waals surface area contributed by atoms with Gasteiger partial charge in [0.25, 0.3) is 0 Å². The Kier molecular flexibility index (Phi) is 3.32. The van der Waals surface area contributed by atoms with Crippen LogP contribution in [0.4, 0.5) is 14.6 Å². The molecule has 0 spiro atoms. The van der Waals surface area contributed by atoms with Crippen LogP contribution in [0.1, 0.15) is 16.1 Å². The van der Waals surface area contributed by atoms with Crippen LogP contribution >= 0.6 is 0 Å². The van der Waals surface area contributed by atoms with E-state index in [1.54, 1.807) is 18.2 Å². The van der Waals surface area contributed by atoms with Crippen molar-refractivity contribution in [3.05, 3.63) is 59.3 Å². The van der Waals surface area contributed by atoms with Crippen LogP contribution < -0.4 is 5.73 Å². The molecule has 0 aliphatic heterocycles. The minimum absolute atomic E-state index is 0.192. The fourth-order valence-corrected chi connectivity index (χ4v) is 1.61. The Morgan fingerprint density at radius 1 is 1.11 bits per heavy atom. The molecule has 18 heavy (non-hydrogen) atoms. The summed E-state index contributed by atoms with van der Waals surface area (Å²) in [5, 5.41) is 0. The second kappa shape index (κ2) is 4.91. The minimum atomic E-state index is -0.871. The molecule has 0 aliphatic rings. The number of carbonyl (C=O) groups excluding carboxylic acids is 1. The zero-order chi connectivity index (χ0) is 13.1. The number of halogens is 2. The lowest BCUT2D eigenvalue weighted by molar-refractivity contribution is 0.0984. The Balaban J connectivity index is 2.28. The van der Waals surface area contributed by atoms with Gasteiger partial charge in [0.2, 0.25) is 0 Å². The third-order valence-corrected chi connectivity index (χ3v) is 2.41. The maximum absolute atomic E-state index is 13.4. The zero-order valence-electron chi connectivity index (χ0n) is 9.36. The predicted octanol–water partition coefficient (Wildman–Crippen LogP) is 2.37. The smallest absolute Gasteiger partial charge is 0.174 e. The van der Waals surface area contributed by atoms with Crippen molar-refractivity contribution in [3.8, 4) is 0 Å². The van der Waals surface area contributed by atoms with E-state index in [9.17, 15) is 13.6 Å². The molecule has 0 amide bonds. The monoisotopic (exact) mass is 248 g/mol. The number of pyridine rings is 1. The fraction of sp³-hybridized carbons (Fsp3) is 0.0769. The van der Waals surface area contributed by atoms with Gasteiger partial charge < -0.3 is 5.73 Å². The van der Waals surface area contributed by atoms with E-state index in [1.165, 1.54) is 6.07 Å². The van der Waals surface area contributed by atoms with Crippen LogP contribution in [0.5, 0.6) is 0 Å². The molecule has 0 radical (unpaired) electrons. The van der Waals surface area contributed by atoms with Gasteiger partial charge in [0, 0.05) is 0 Å². The minimum Gasteiger partial charge on any atom is -0.384 e. The zero-order valence-corrected chi connectivity index (χ0v) is 9.36. The van der Waals surface area contributed by atoms with Crippen molar-refractivity contribution in [2.45, 2.75) is 6.42 Å². The van der Waals surface area contributed by atoms with Gasteiger partial charge in [-0.25, -0.2) is 13.8 Å². The number of benzene rings is 1. The lowest BCUT2D eigenvalue weighted by Gasteiger charge is -2.04. The molecule has 2 rings (SSSR count). The number of nitrogens with two attached hydrogens (primary N) is 1. The Morgan fingerprint density at radius 2 is 1.72 bits per heavy atom. The molecule has 2 aromatic rings. The molecule has 1 aromatic heterocycles. The topological polar surface area (TPSA) is 56.0 Å². The van der Waals surface area contributed by atoms with Crippen LogP contribution in [-0.4, -0.2) is 10.8 Å². The summed E-state index contributed by atoms with van der Waals surface area (Å²) in [4.78, 5) is 15.7. The van der Waals surface area contributed by atoms with E-state index in [0.29, 0.717) is 5.69 Å². The summed E-state index contributed by atoms with van der Waals surface area (Å²) in [6.45, 7) is 0. The summed E-state index contributed by atoms with van der Waals surface area (Å²) < 4.78 is 26.8. The number of hydrogen-bond acceptors (Lipinski definition) is 3. The third kappa shape index (κ3) is 2.51. The number of carbonyl (C=O) groups is 1. The molecule has 5 heteroatoms. The maximum atomic E-state index is 13.4. The third-order valence-electron chi connectivity index (χ3n) is 2.41. The summed E-state index contributed by atoms with van der Waals surface area (Å²) in [6, 6.07) is 8.07. The molecule has 0 unspecified atom stereocenters. The van der Waals surface area contributed by atoms with Crippen LogP contribution in [0.25, 0.3) is 0 Å². The average Bonchev–Trinajstić information content (AvgIpc) is 2.28. The second-order valence-electron chi connectivity index (χ2n) is 3.75. The standard InChI is InChI=1S/C13H10F2N2O/c14-9-4-2-5-10(15)13(9)11(18)7-8-3-1-6-12(16)17-8/h1-6H,7H2,(H2,16,17). The number of aromatic nitrogens is 1. The summed E-state index contributed by atoms with van der Waals surface area (Å²) in [6.07, 6.45) is -0.192. The van der Waals surface area contributed by atoms with Crippen LogP contribution in [0.15, 0.2) is 36.4 Å². The molecule has 1 heterocycles. The fourth-order valence-electron chi connectivity index (χ4n) is 1.61. The van der Waals surface area contributed by atoms with Gasteiger partial charge in [-0.3, -0.25) is 4.79 Å². The van der Waals surface area contributed by atoms with E-state index in [4.69, 9.17) is 5.73 Å². The number of rotatable bonds is 3. The van der Waals surface area contributed by atoms with E-state index in [2.05, 4.69) is 4.98 Å². The van der Waals surface area contributed by atoms with Crippen LogP contribution in [-0.2, 0) is 6.42 Å². The van der Waals surface area contributed by atoms with E-state index in [1.807, 2.05) is 0 Å². The largest absolute Gasteiger partial charge is 0.384 e. The summed E-state index contributed by atoms with van der Waals surface area (Å²) in [5.74, 6) is -2.15. The van der Waals surface area contributed by atoms with Crippen LogP contribution in [0.2, 0.25) is 0 Å². The van der Waals surface area contributed by atoms with Crippen molar-refractivity contribution >= 4 is 11.6 Å². The molecular formula is C13H10F2N2O. The Hall–Kier alpha value is -2.30. The molecule has 0 saturated heterocycles. The highest BCUT2D eigenvalue weighted by Gasteiger charge is 2.17. The van der Waals surface area contributed by atoms with Crippen molar-refractivity contribution in [2.24, 2.45) is 0 Å². The molecular weight excluding hydrogens is 238 g/mol. The van der Waals surface area contributed by atoms with Gasteiger partial charge in [0.15, 0.2) is 5.78 Å². The van der Waals surface area contributed by atoms with Gasteiger partial charge in [-0.1, -0.05) is 12.1 Å². The van der Waals surface area contributed by atoms with Gasteiger partial charge in [-0.15, -0.1) is 0 Å². The summed E-state index contributed by atoms with van der Waals surface area (Å²) in [5.41, 5.74) is 5.30. The van der Waals surface area contributed by atoms with E-state index >= 15 is 0 Å². The first-order chi connectivity index (χ1) is 8.58. The molecule has 0 aliphatic carbocycles. The number of ketones is 1. The highest BCUT2D eigenvalue weighted by Crippen LogP contribution is 2.15. The Morgan fingerprint density at radius 3 is 2.33 bits per heavy atom. The molecule has 1 aromatic carbocycles. The summed E-state index contributed by atoms with van der Waals surface area (Å²) >= 11 is 0. The van der Waals surface area contributed by atoms with Crippen molar-refractivity contribution in [3.63, 3.8) is 0 Å². The Labute approximate surface area is 102 Å². The summed E-state index contributed by atoms with van der Waals surface area (Å²) in [7, 11) is 0. The van der Waals surface area contributed by atoms with E-state index < -0.39 is 23.0 Å². The van der Waals surface area contributed by atoms with Crippen molar-refractivity contribution < 1.29 is 13.6 Å². The molecule has 2 N–H and O–H groups in total. The molecule has 92 valence electrons. The van der Waals surface area contributed by atoms with Crippen LogP contribution in [0, 0.1) is 11.6 Å². The van der Waals surface area contributed by atoms with E-state index in [-0.39, 0.29) is 12.2 Å². The van der Waals surface area contributed by atoms with Gasteiger partial charge in [0.05, 0.1) is 17.7 Å². The number of anilines is 1. The number of hydrogen-bond donors (Lipinski definition) is 1. The quantitative estimate of drug-likeness (QED) is 0.848. The lowest BCUT2D eigenvalue weighted by atomic mass is 10.1. The van der Waals surface area contributed by atoms with Gasteiger partial charge in [-0.2, -0.15) is 0 Å². The lowest BCUT2D eigenvalue weighted by Crippen LogP contribution is -2.10. The highest BCUT2D eigenvalue weighted by molar-refractivity contribution is 5.97. The molecule has 0 atom stereocenters. The first-order valence-electron chi connectivity index (χ1n) is 5.26. The molecule has 0 fully saturated rings. The first-order valence-corrected chi connectivity index (χ1v) is 5.26. The number of nitrogens with zero attached hydrogens (tertiary/aromatic N) is 1. The van der Waals surface area contributed by atoms with Gasteiger partial charge in [0.1, 0.15) is 17.5 Å². The van der Waals surface area contributed by atoms with Gasteiger partial charge in [-0.05, 0) is 24.3 Å². The molecule has 3 nitrogen and oxygen atoms in total. The van der Waals surface area contributed by atoms with Crippen molar-refractivity contribution in [2.75, 3.05) is 5.73 Å².